The van der Waals surface area contributed by atoms with Crippen molar-refractivity contribution in [2.24, 2.45) is 0 Å². The highest BCUT2D eigenvalue weighted by Crippen LogP contribution is 1.93. The Labute approximate surface area is 63.5 Å². The fourth-order valence-corrected chi connectivity index (χ4v) is 0.430. The molecule has 0 aliphatic carbocycles. The second-order valence-corrected chi connectivity index (χ2v) is 1.87. The zero-order chi connectivity index (χ0) is 9.02. The molecule has 0 aliphatic heterocycles. The first-order valence-corrected chi connectivity index (χ1v) is 2.80. The Balaban J connectivity index is 4.23. The van der Waals surface area contributed by atoms with Gasteiger partial charge in [-0.3, -0.25) is 4.79 Å². The number of hydrogen-bond donors (Lipinski definition) is 2. The first kappa shape index (κ1) is 9.64. The molecule has 5 nitrogen and oxygen atoms in total. The van der Waals surface area contributed by atoms with Gasteiger partial charge in [0, 0.05) is 7.05 Å². The number of nitrogens with zero attached hydrogens (tertiary/aromatic N) is 1. The molecular weight excluding hydrogens is 150 g/mol. The molecule has 5 heteroatoms. The van der Waals surface area contributed by atoms with E-state index in [1.54, 1.807) is 0 Å². The van der Waals surface area contributed by atoms with Crippen molar-refractivity contribution >= 4 is 11.9 Å². The van der Waals surface area contributed by atoms with Crippen LogP contribution in [0.5, 0.6) is 0 Å². The highest BCUT2D eigenvalue weighted by molar-refractivity contribution is 5.89. The summed E-state index contributed by atoms with van der Waals surface area (Å²) in [6.07, 6.45) is -0.882. The molecule has 0 bridgehead atoms. The van der Waals surface area contributed by atoms with Gasteiger partial charge in [0.25, 0.3) is 0 Å². The molecule has 2 N–H and O–H groups in total. The minimum absolute atomic E-state index is 0.639. The van der Waals surface area contributed by atoms with Gasteiger partial charge in [0.15, 0.2) is 0 Å². The van der Waals surface area contributed by atoms with Crippen molar-refractivity contribution in [1.29, 1.82) is 0 Å². The van der Waals surface area contributed by atoms with E-state index < -0.39 is 18.1 Å². The van der Waals surface area contributed by atoms with Crippen LogP contribution in [0.1, 0.15) is 0 Å². The Morgan fingerprint density at radius 2 is 2.09 bits per heavy atom. The van der Waals surface area contributed by atoms with Gasteiger partial charge in [-0.15, -0.1) is 0 Å². The maximum absolute atomic E-state index is 10.6. The molecule has 1 atom stereocenters. The number of aliphatic hydroxyl groups is 1. The molecule has 0 heterocycles. The van der Waals surface area contributed by atoms with Crippen LogP contribution in [0.4, 0.5) is 0 Å². The molecule has 0 aromatic heterocycles. The van der Waals surface area contributed by atoms with E-state index in [1.165, 1.54) is 7.05 Å². The number of hydrogen-bond acceptors (Lipinski definition) is 3. The number of carbonyl (C=O) groups is 2. The minimum Gasteiger partial charge on any atom is -0.478 e. The van der Waals surface area contributed by atoms with Crippen molar-refractivity contribution in [3.63, 3.8) is 0 Å². The summed E-state index contributed by atoms with van der Waals surface area (Å²) in [6, 6.07) is 0. The lowest BCUT2D eigenvalue weighted by Gasteiger charge is -2.17. The molecule has 62 valence electrons. The maximum atomic E-state index is 10.6. The number of carbonyl (C=O) groups excluding carboxylic acids is 1. The molecule has 0 saturated heterocycles. The summed E-state index contributed by atoms with van der Waals surface area (Å²) in [7, 11) is 1.17. The lowest BCUT2D eigenvalue weighted by atomic mass is 10.4. The van der Waals surface area contributed by atoms with Gasteiger partial charge in [-0.25, -0.2) is 4.79 Å². The molecule has 0 spiro atoms. The van der Waals surface area contributed by atoms with Crippen molar-refractivity contribution in [3.8, 4) is 0 Å². The van der Waals surface area contributed by atoms with E-state index in [2.05, 4.69) is 6.58 Å². The highest BCUT2D eigenvalue weighted by atomic mass is 16.4. The molecule has 1 unspecified atom stereocenters. The average Bonchev–Trinajstić information content (AvgIpc) is 2.00. The molecule has 0 saturated carbocycles. The van der Waals surface area contributed by atoms with E-state index in [1.807, 2.05) is 0 Å². The third-order valence-electron chi connectivity index (χ3n) is 1.11. The van der Waals surface area contributed by atoms with Gasteiger partial charge in [-0.05, 0) is 6.08 Å². The molecule has 1 amide bonds. The Morgan fingerprint density at radius 3 is 2.36 bits per heavy atom. The lowest BCUT2D eigenvalue weighted by molar-refractivity contribution is -0.161. The maximum Gasteiger partial charge on any atom is 0.354 e. The Hall–Kier alpha value is -1.36. The quantitative estimate of drug-likeness (QED) is 0.410. The molecule has 0 radical (unpaired) electrons. The number of aliphatic hydroxyl groups excluding tert-OH is 1. The zero-order valence-electron chi connectivity index (χ0n) is 6.02. The Morgan fingerprint density at radius 1 is 1.64 bits per heavy atom. The summed E-state index contributed by atoms with van der Waals surface area (Å²) < 4.78 is 0. The molecular formula is C6H9NO4. The molecule has 0 fully saturated rings. The van der Waals surface area contributed by atoms with Gasteiger partial charge < -0.3 is 15.1 Å². The second kappa shape index (κ2) is 3.72. The lowest BCUT2D eigenvalue weighted by Crippen LogP contribution is -2.41. The van der Waals surface area contributed by atoms with Crippen molar-refractivity contribution in [1.82, 2.24) is 4.90 Å². The topological polar surface area (TPSA) is 77.8 Å². The van der Waals surface area contributed by atoms with Crippen LogP contribution in [0.25, 0.3) is 0 Å². The van der Waals surface area contributed by atoms with Crippen LogP contribution in [0.2, 0.25) is 0 Å². The van der Waals surface area contributed by atoms with Gasteiger partial charge in [-0.2, -0.15) is 0 Å². The fraction of sp³-hybridized carbons (Fsp3) is 0.333. The van der Waals surface area contributed by atoms with Crippen LogP contribution in [0.3, 0.4) is 0 Å². The first-order valence-electron chi connectivity index (χ1n) is 2.80. The van der Waals surface area contributed by atoms with Gasteiger partial charge >= 0.3 is 5.97 Å². The van der Waals surface area contributed by atoms with Gasteiger partial charge in [0.1, 0.15) is 0 Å². The minimum atomic E-state index is -1.81. The smallest absolute Gasteiger partial charge is 0.354 e. The molecule has 0 aromatic rings. The largest absolute Gasteiger partial charge is 0.478 e. The Bertz CT molecular complexity index is 189. The van der Waals surface area contributed by atoms with Crippen molar-refractivity contribution < 1.29 is 19.8 Å². The number of amides is 1. The monoisotopic (exact) mass is 159 g/mol. The molecule has 0 rings (SSSR count). The SMILES string of the molecule is C=CC(=O)N(C)C(O)C(=O)O. The second-order valence-electron chi connectivity index (χ2n) is 1.87. The predicted octanol–water partition coefficient (Wildman–Crippen LogP) is -0.966. The highest BCUT2D eigenvalue weighted by Gasteiger charge is 2.21. The average molecular weight is 159 g/mol. The van der Waals surface area contributed by atoms with Crippen LogP contribution in [-0.2, 0) is 9.59 Å². The zero-order valence-corrected chi connectivity index (χ0v) is 6.02. The number of rotatable bonds is 3. The van der Waals surface area contributed by atoms with Gasteiger partial charge in [0.2, 0.25) is 12.1 Å². The Kier molecular flexibility index (Phi) is 3.26. The van der Waals surface area contributed by atoms with Crippen molar-refractivity contribution in [2.75, 3.05) is 7.05 Å². The van der Waals surface area contributed by atoms with Crippen molar-refractivity contribution in [2.45, 2.75) is 6.23 Å². The summed E-state index contributed by atoms with van der Waals surface area (Å²) >= 11 is 0. The van der Waals surface area contributed by atoms with Gasteiger partial charge in [0.05, 0.1) is 0 Å². The summed E-state index contributed by atoms with van der Waals surface area (Å²) in [5.74, 6) is -2.11. The number of aliphatic carboxylic acids is 1. The predicted molar refractivity (Wildman–Crippen MR) is 36.6 cm³/mol. The van der Waals surface area contributed by atoms with Crippen LogP contribution in [-0.4, -0.2) is 40.3 Å². The standard InChI is InChI=1S/C6H9NO4/c1-3-4(8)7(2)5(9)6(10)11/h3,5,9H,1H2,2H3,(H,10,11). The normalized spacial score (nSPS) is 11.8. The van der Waals surface area contributed by atoms with E-state index in [-0.39, 0.29) is 0 Å². The fourth-order valence-electron chi connectivity index (χ4n) is 0.430. The summed E-state index contributed by atoms with van der Waals surface area (Å²) in [5, 5.41) is 17.0. The number of likely N-dealkylation sites (N-methyl/N-ethyl adjacent to an activating group) is 1. The summed E-state index contributed by atoms with van der Waals surface area (Å²) in [4.78, 5) is 21.4. The van der Waals surface area contributed by atoms with Crippen molar-refractivity contribution in [3.05, 3.63) is 12.7 Å². The third kappa shape index (κ3) is 2.38. The van der Waals surface area contributed by atoms with Crippen LogP contribution in [0.15, 0.2) is 12.7 Å². The number of carboxylic acid groups (broad SMARTS) is 1. The van der Waals surface area contributed by atoms with E-state index in [0.29, 0.717) is 4.90 Å². The van der Waals surface area contributed by atoms with Crippen LogP contribution >= 0.6 is 0 Å². The third-order valence-corrected chi connectivity index (χ3v) is 1.11. The van der Waals surface area contributed by atoms with E-state index in [0.717, 1.165) is 6.08 Å². The van der Waals surface area contributed by atoms with Crippen LogP contribution in [0, 0.1) is 0 Å². The van der Waals surface area contributed by atoms with E-state index in [4.69, 9.17) is 10.2 Å². The van der Waals surface area contributed by atoms with E-state index >= 15 is 0 Å². The van der Waals surface area contributed by atoms with Gasteiger partial charge in [-0.1, -0.05) is 6.58 Å². The summed E-state index contributed by atoms with van der Waals surface area (Å²) in [6.45, 7) is 3.13. The van der Waals surface area contributed by atoms with Crippen LogP contribution < -0.4 is 0 Å². The molecule has 0 aromatic carbocycles. The number of carboxylic acids is 1. The van der Waals surface area contributed by atoms with E-state index in [9.17, 15) is 9.59 Å². The molecule has 11 heavy (non-hydrogen) atoms. The summed E-state index contributed by atoms with van der Waals surface area (Å²) in [5.41, 5.74) is 0. The first-order chi connectivity index (χ1) is 5.00. The molecule has 0 aliphatic rings.